The van der Waals surface area contributed by atoms with Crippen LogP contribution in [0, 0.1) is 0 Å². The van der Waals surface area contributed by atoms with Crippen LogP contribution in [0.2, 0.25) is 0 Å². The molecule has 2 unspecified atom stereocenters. The van der Waals surface area contributed by atoms with E-state index in [4.69, 9.17) is 9.84 Å². The van der Waals surface area contributed by atoms with E-state index < -0.39 is 5.54 Å². The number of rotatable bonds is 10. The normalized spacial score (nSPS) is 19.8. The van der Waals surface area contributed by atoms with Crippen molar-refractivity contribution in [2.24, 2.45) is 0 Å². The third-order valence-corrected chi connectivity index (χ3v) is 4.61. The highest BCUT2D eigenvalue weighted by atomic mass is 32.2. The molecule has 0 radical (unpaired) electrons. The molecule has 2 N–H and O–H groups in total. The van der Waals surface area contributed by atoms with Crippen LogP contribution in [0.3, 0.4) is 0 Å². The predicted octanol–water partition coefficient (Wildman–Crippen LogP) is 1.95. The Kier molecular flexibility index (Phi) is 7.18. The first-order valence-corrected chi connectivity index (χ1v) is 8.24. The number of carbonyl (C=O) groups is 1. The molecule has 19 heavy (non-hydrogen) atoms. The number of carbonyl (C=O) groups excluding carboxylic acids is 1. The number of hydrogen-bond donors (Lipinski definition) is 2. The van der Waals surface area contributed by atoms with Gasteiger partial charge in [-0.2, -0.15) is 11.8 Å². The Morgan fingerprint density at radius 3 is 2.79 bits per heavy atom. The maximum Gasteiger partial charge on any atom is 0.326 e. The molecule has 0 aromatic rings. The van der Waals surface area contributed by atoms with Crippen molar-refractivity contribution in [3.8, 4) is 0 Å². The highest BCUT2D eigenvalue weighted by Crippen LogP contribution is 2.27. The van der Waals surface area contributed by atoms with Crippen LogP contribution < -0.4 is 5.32 Å². The van der Waals surface area contributed by atoms with E-state index in [1.54, 1.807) is 11.8 Å². The number of hydrogen-bond acceptors (Lipinski definition) is 5. The summed E-state index contributed by atoms with van der Waals surface area (Å²) in [5.74, 6) is 0.758. The Labute approximate surface area is 120 Å². The van der Waals surface area contributed by atoms with E-state index in [2.05, 4.69) is 12.2 Å². The van der Waals surface area contributed by atoms with Gasteiger partial charge in [0.2, 0.25) is 0 Å². The summed E-state index contributed by atoms with van der Waals surface area (Å²) in [6.45, 7) is 6.55. The number of esters is 1. The van der Waals surface area contributed by atoms with Gasteiger partial charge in [0.05, 0.1) is 6.61 Å². The fourth-order valence-electron chi connectivity index (χ4n) is 1.93. The Balaban J connectivity index is 2.41. The number of ether oxygens (including phenoxy) is 1. The van der Waals surface area contributed by atoms with Crippen molar-refractivity contribution in [3.05, 3.63) is 0 Å². The highest BCUT2D eigenvalue weighted by Gasteiger charge is 2.39. The zero-order valence-corrected chi connectivity index (χ0v) is 13.1. The van der Waals surface area contributed by atoms with Crippen molar-refractivity contribution < 1.29 is 14.6 Å². The van der Waals surface area contributed by atoms with Gasteiger partial charge in [0.25, 0.3) is 0 Å². The Morgan fingerprint density at radius 2 is 2.26 bits per heavy atom. The topological polar surface area (TPSA) is 58.6 Å². The quantitative estimate of drug-likeness (QED) is 0.602. The molecule has 1 saturated carbocycles. The first-order valence-electron chi connectivity index (χ1n) is 7.19. The molecule has 1 aliphatic rings. The van der Waals surface area contributed by atoms with Crippen LogP contribution in [-0.4, -0.2) is 46.9 Å². The van der Waals surface area contributed by atoms with E-state index in [1.165, 1.54) is 0 Å². The second kappa shape index (κ2) is 8.12. The predicted molar refractivity (Wildman–Crippen MR) is 79.4 cm³/mol. The summed E-state index contributed by atoms with van der Waals surface area (Å²) in [5, 5.41) is 12.7. The molecule has 112 valence electrons. The minimum atomic E-state index is -0.566. The van der Waals surface area contributed by atoms with Gasteiger partial charge in [-0.25, -0.2) is 0 Å². The third kappa shape index (κ3) is 6.15. The smallest absolute Gasteiger partial charge is 0.326 e. The molecule has 1 aliphatic carbocycles. The lowest BCUT2D eigenvalue weighted by Gasteiger charge is -2.29. The molecule has 1 rings (SSSR count). The van der Waals surface area contributed by atoms with Crippen LogP contribution in [0.25, 0.3) is 0 Å². The summed E-state index contributed by atoms with van der Waals surface area (Å²) in [6, 6.07) is 0.481. The van der Waals surface area contributed by atoms with Crippen molar-refractivity contribution in [2.45, 2.75) is 63.3 Å². The lowest BCUT2D eigenvalue weighted by molar-refractivity contribution is -0.150. The second-order valence-electron chi connectivity index (χ2n) is 5.41. The lowest BCUT2D eigenvalue weighted by Crippen LogP contribution is -2.52. The van der Waals surface area contributed by atoms with Gasteiger partial charge < -0.3 is 9.84 Å². The Hall–Kier alpha value is -0.260. The van der Waals surface area contributed by atoms with Crippen LogP contribution in [0.15, 0.2) is 0 Å². The first-order chi connectivity index (χ1) is 9.01. The van der Waals surface area contributed by atoms with Crippen molar-refractivity contribution >= 4 is 17.7 Å². The third-order valence-electron chi connectivity index (χ3n) is 3.37. The van der Waals surface area contributed by atoms with Gasteiger partial charge in [-0.3, -0.25) is 10.1 Å². The molecule has 0 aromatic heterocycles. The second-order valence-corrected chi connectivity index (χ2v) is 6.96. The fourth-order valence-corrected chi connectivity index (χ4v) is 3.13. The molecule has 0 saturated heterocycles. The Bertz CT molecular complexity index is 284. The van der Waals surface area contributed by atoms with Crippen LogP contribution in [0.5, 0.6) is 0 Å². The molecule has 1 fully saturated rings. The fraction of sp³-hybridized carbons (Fsp3) is 0.929. The SMILES string of the molecule is CCOC(=O)C(C)(CCSC(C)CCO)NC1CC1. The van der Waals surface area contributed by atoms with Crippen molar-refractivity contribution in [1.29, 1.82) is 0 Å². The van der Waals surface area contributed by atoms with Crippen LogP contribution in [0.1, 0.15) is 46.5 Å². The van der Waals surface area contributed by atoms with Crippen molar-refractivity contribution in [3.63, 3.8) is 0 Å². The van der Waals surface area contributed by atoms with E-state index in [1.807, 2.05) is 13.8 Å². The van der Waals surface area contributed by atoms with Crippen LogP contribution in [-0.2, 0) is 9.53 Å². The van der Waals surface area contributed by atoms with Crippen molar-refractivity contribution in [2.75, 3.05) is 19.0 Å². The van der Waals surface area contributed by atoms with Gasteiger partial charge in [0.15, 0.2) is 0 Å². The standard InChI is InChI=1S/C14H27NO3S/c1-4-18-13(17)14(3,15-12-5-6-12)8-10-19-11(2)7-9-16/h11-12,15-16H,4-10H2,1-3H3. The van der Waals surface area contributed by atoms with Crippen LogP contribution >= 0.6 is 11.8 Å². The zero-order chi connectivity index (χ0) is 14.3. The molecule has 0 aromatic carbocycles. The summed E-state index contributed by atoms with van der Waals surface area (Å²) in [7, 11) is 0. The van der Waals surface area contributed by atoms with E-state index in [0.29, 0.717) is 17.9 Å². The molecular formula is C14H27NO3S. The first kappa shape index (κ1) is 16.8. The minimum absolute atomic E-state index is 0.141. The summed E-state index contributed by atoms with van der Waals surface area (Å²) in [6.07, 6.45) is 3.88. The molecule has 2 atom stereocenters. The molecule has 0 bridgehead atoms. The zero-order valence-electron chi connectivity index (χ0n) is 12.3. The average molecular weight is 289 g/mol. The summed E-state index contributed by atoms with van der Waals surface area (Å²) >= 11 is 1.80. The summed E-state index contributed by atoms with van der Waals surface area (Å²) in [4.78, 5) is 12.1. The van der Waals surface area contributed by atoms with Gasteiger partial charge in [-0.15, -0.1) is 0 Å². The molecule has 0 spiro atoms. The maximum absolute atomic E-state index is 12.1. The highest BCUT2D eigenvalue weighted by molar-refractivity contribution is 7.99. The molecule has 0 aliphatic heterocycles. The Morgan fingerprint density at radius 1 is 1.58 bits per heavy atom. The lowest BCUT2D eigenvalue weighted by atomic mass is 9.99. The number of aliphatic hydroxyl groups is 1. The van der Waals surface area contributed by atoms with Gasteiger partial charge in [0.1, 0.15) is 5.54 Å². The average Bonchev–Trinajstić information content (AvgIpc) is 3.13. The van der Waals surface area contributed by atoms with Gasteiger partial charge in [-0.1, -0.05) is 6.92 Å². The number of thioether (sulfide) groups is 1. The summed E-state index contributed by atoms with van der Waals surface area (Å²) < 4.78 is 5.19. The van der Waals surface area contributed by atoms with E-state index >= 15 is 0 Å². The molecular weight excluding hydrogens is 262 g/mol. The van der Waals surface area contributed by atoms with Crippen molar-refractivity contribution in [1.82, 2.24) is 5.32 Å². The molecule has 0 heterocycles. The van der Waals surface area contributed by atoms with E-state index in [9.17, 15) is 4.79 Å². The monoisotopic (exact) mass is 289 g/mol. The van der Waals surface area contributed by atoms with Gasteiger partial charge in [-0.05, 0) is 45.3 Å². The number of nitrogens with one attached hydrogen (secondary N) is 1. The van der Waals surface area contributed by atoms with Gasteiger partial charge >= 0.3 is 5.97 Å². The van der Waals surface area contributed by atoms with Gasteiger partial charge in [0, 0.05) is 17.9 Å². The molecule has 4 nitrogen and oxygen atoms in total. The van der Waals surface area contributed by atoms with Crippen LogP contribution in [0.4, 0.5) is 0 Å². The molecule has 0 amide bonds. The molecule has 5 heteroatoms. The largest absolute Gasteiger partial charge is 0.465 e. The summed E-state index contributed by atoms with van der Waals surface area (Å²) in [5.41, 5.74) is -0.566. The minimum Gasteiger partial charge on any atom is -0.465 e. The maximum atomic E-state index is 12.1. The number of aliphatic hydroxyl groups excluding tert-OH is 1. The van der Waals surface area contributed by atoms with E-state index in [-0.39, 0.29) is 12.6 Å². The van der Waals surface area contributed by atoms with E-state index in [0.717, 1.165) is 31.4 Å².